The number of aromatic nitrogens is 1. The second-order valence-electron chi connectivity index (χ2n) is 4.58. The van der Waals surface area contributed by atoms with Crippen molar-refractivity contribution in [2.75, 3.05) is 13.1 Å². The lowest BCUT2D eigenvalue weighted by atomic mass is 10.3. The molecule has 0 aliphatic rings. The summed E-state index contributed by atoms with van der Waals surface area (Å²) in [5, 5.41) is 0. The average molecular weight is 301 g/mol. The van der Waals surface area contributed by atoms with E-state index in [0.717, 1.165) is 5.56 Å². The second-order valence-corrected chi connectivity index (χ2v) is 6.34. The summed E-state index contributed by atoms with van der Waals surface area (Å²) in [5.74, 6) is 0.537. The third-order valence-corrected chi connectivity index (χ3v) is 4.36. The van der Waals surface area contributed by atoms with Gasteiger partial charge in [0.25, 0.3) is 10.2 Å². The number of ether oxygens (including phenoxy) is 1. The molecule has 0 saturated carbocycles. The zero-order chi connectivity index (χ0) is 15.2. The van der Waals surface area contributed by atoms with Crippen LogP contribution in [0, 0.1) is 0 Å². The van der Waals surface area contributed by atoms with Crippen LogP contribution in [0.15, 0.2) is 18.3 Å². The molecule has 1 aromatic rings. The molecule has 1 aromatic heterocycles. The molecule has 0 unspecified atom stereocenters. The molecule has 0 bridgehead atoms. The van der Waals surface area contributed by atoms with Crippen molar-refractivity contribution in [3.05, 3.63) is 23.9 Å². The van der Waals surface area contributed by atoms with Gasteiger partial charge in [-0.3, -0.25) is 0 Å². The Bertz CT molecular complexity index is 496. The molecule has 0 spiro atoms. The molecule has 20 heavy (non-hydrogen) atoms. The number of nitrogens with one attached hydrogen (secondary N) is 1. The predicted molar refractivity (Wildman–Crippen MR) is 78.7 cm³/mol. The van der Waals surface area contributed by atoms with Gasteiger partial charge in [-0.1, -0.05) is 19.9 Å². The quantitative estimate of drug-likeness (QED) is 0.790. The third-order valence-electron chi connectivity index (χ3n) is 2.66. The zero-order valence-corrected chi connectivity index (χ0v) is 13.3. The second kappa shape index (κ2) is 7.56. The van der Waals surface area contributed by atoms with Crippen LogP contribution < -0.4 is 9.46 Å². The van der Waals surface area contributed by atoms with Crippen LogP contribution in [0.5, 0.6) is 5.88 Å². The van der Waals surface area contributed by atoms with Gasteiger partial charge in [0.15, 0.2) is 0 Å². The van der Waals surface area contributed by atoms with Gasteiger partial charge in [0.2, 0.25) is 5.88 Å². The smallest absolute Gasteiger partial charge is 0.279 e. The predicted octanol–water partition coefficient (Wildman–Crippen LogP) is 1.54. The summed E-state index contributed by atoms with van der Waals surface area (Å²) in [4.78, 5) is 4.13. The molecule has 1 heterocycles. The van der Waals surface area contributed by atoms with Crippen LogP contribution in [0.1, 0.15) is 33.3 Å². The molecule has 7 heteroatoms. The van der Waals surface area contributed by atoms with Crippen LogP contribution in [0.25, 0.3) is 0 Å². The Balaban J connectivity index is 2.62. The van der Waals surface area contributed by atoms with Gasteiger partial charge >= 0.3 is 0 Å². The molecular weight excluding hydrogens is 278 g/mol. The minimum Gasteiger partial charge on any atom is -0.475 e. The molecule has 6 nitrogen and oxygen atoms in total. The van der Waals surface area contributed by atoms with Crippen molar-refractivity contribution in [1.29, 1.82) is 0 Å². The Morgan fingerprint density at radius 3 is 2.40 bits per heavy atom. The van der Waals surface area contributed by atoms with E-state index >= 15 is 0 Å². The van der Waals surface area contributed by atoms with Crippen molar-refractivity contribution < 1.29 is 13.2 Å². The number of rotatable bonds is 8. The Morgan fingerprint density at radius 2 is 1.95 bits per heavy atom. The highest BCUT2D eigenvalue weighted by atomic mass is 32.2. The minimum atomic E-state index is -3.43. The van der Waals surface area contributed by atoms with Gasteiger partial charge in [0.1, 0.15) is 0 Å². The molecule has 114 valence electrons. The summed E-state index contributed by atoms with van der Waals surface area (Å²) < 4.78 is 33.3. The van der Waals surface area contributed by atoms with E-state index in [4.69, 9.17) is 4.74 Å². The molecule has 0 radical (unpaired) electrons. The molecule has 1 N–H and O–H groups in total. The monoisotopic (exact) mass is 301 g/mol. The molecule has 1 rings (SSSR count). The first kappa shape index (κ1) is 16.9. The van der Waals surface area contributed by atoms with E-state index in [9.17, 15) is 8.42 Å². The van der Waals surface area contributed by atoms with Crippen molar-refractivity contribution in [1.82, 2.24) is 14.0 Å². The molecular formula is C13H23N3O3S. The highest BCUT2D eigenvalue weighted by molar-refractivity contribution is 7.87. The van der Waals surface area contributed by atoms with E-state index in [-0.39, 0.29) is 12.6 Å². The van der Waals surface area contributed by atoms with E-state index in [1.807, 2.05) is 27.7 Å². The maximum Gasteiger partial charge on any atom is 0.279 e. The van der Waals surface area contributed by atoms with Crippen molar-refractivity contribution in [2.45, 2.75) is 40.3 Å². The largest absolute Gasteiger partial charge is 0.475 e. The maximum atomic E-state index is 11.9. The maximum absolute atomic E-state index is 11.9. The van der Waals surface area contributed by atoms with Crippen molar-refractivity contribution >= 4 is 10.2 Å². The fourth-order valence-electron chi connectivity index (χ4n) is 1.66. The lowest BCUT2D eigenvalue weighted by molar-refractivity contribution is 0.232. The van der Waals surface area contributed by atoms with Crippen molar-refractivity contribution in [3.8, 4) is 5.88 Å². The first-order valence-corrected chi connectivity index (χ1v) is 8.19. The Hall–Kier alpha value is -1.18. The highest BCUT2D eigenvalue weighted by Gasteiger charge is 2.17. The lowest BCUT2D eigenvalue weighted by Gasteiger charge is -2.18. The van der Waals surface area contributed by atoms with Gasteiger partial charge in [-0.25, -0.2) is 4.98 Å². The summed E-state index contributed by atoms with van der Waals surface area (Å²) in [6.45, 7) is 8.58. The Labute approximate surface area is 121 Å². The van der Waals surface area contributed by atoms with Gasteiger partial charge in [-0.2, -0.15) is 17.4 Å². The van der Waals surface area contributed by atoms with Crippen LogP contribution in [0.2, 0.25) is 0 Å². The molecule has 0 saturated heterocycles. The normalized spacial score (nSPS) is 12.1. The molecule has 0 fully saturated rings. The van der Waals surface area contributed by atoms with E-state index in [1.165, 1.54) is 4.31 Å². The first-order chi connectivity index (χ1) is 9.39. The van der Waals surface area contributed by atoms with Crippen molar-refractivity contribution in [2.24, 2.45) is 0 Å². The van der Waals surface area contributed by atoms with E-state index in [2.05, 4.69) is 9.71 Å². The van der Waals surface area contributed by atoms with Gasteiger partial charge < -0.3 is 4.74 Å². The Kier molecular flexibility index (Phi) is 6.38. The molecule has 0 aromatic carbocycles. The number of hydrogen-bond donors (Lipinski definition) is 1. The SMILES string of the molecule is CCN(CC)S(=O)(=O)NCc1ccc(OC(C)C)nc1. The van der Waals surface area contributed by atoms with Gasteiger partial charge in [-0.05, 0) is 19.4 Å². The topological polar surface area (TPSA) is 71.5 Å². The lowest BCUT2D eigenvalue weighted by Crippen LogP contribution is -2.40. The fourth-order valence-corrected chi connectivity index (χ4v) is 2.87. The molecule has 0 amide bonds. The van der Waals surface area contributed by atoms with Crippen LogP contribution in [0.4, 0.5) is 0 Å². The van der Waals surface area contributed by atoms with Crippen LogP contribution in [-0.2, 0) is 16.8 Å². The summed E-state index contributed by atoms with van der Waals surface area (Å²) in [6, 6.07) is 3.54. The van der Waals surface area contributed by atoms with E-state index in [1.54, 1.807) is 18.3 Å². The van der Waals surface area contributed by atoms with E-state index < -0.39 is 10.2 Å². The summed E-state index contributed by atoms with van der Waals surface area (Å²) in [7, 11) is -3.43. The first-order valence-electron chi connectivity index (χ1n) is 6.75. The van der Waals surface area contributed by atoms with E-state index in [0.29, 0.717) is 19.0 Å². The van der Waals surface area contributed by atoms with Crippen LogP contribution >= 0.6 is 0 Å². The summed E-state index contributed by atoms with van der Waals surface area (Å²) in [5.41, 5.74) is 0.789. The highest BCUT2D eigenvalue weighted by Crippen LogP contribution is 2.10. The van der Waals surface area contributed by atoms with Crippen molar-refractivity contribution in [3.63, 3.8) is 0 Å². The zero-order valence-electron chi connectivity index (χ0n) is 12.5. The Morgan fingerprint density at radius 1 is 1.30 bits per heavy atom. The standard InChI is InChI=1S/C13H23N3O3S/c1-5-16(6-2)20(17,18)15-10-12-7-8-13(14-9-12)19-11(3)4/h7-9,11,15H,5-6,10H2,1-4H3. The number of nitrogens with zero attached hydrogens (tertiary/aromatic N) is 2. The minimum absolute atomic E-state index is 0.0644. The fraction of sp³-hybridized carbons (Fsp3) is 0.615. The third kappa shape index (κ3) is 5.07. The average Bonchev–Trinajstić information content (AvgIpc) is 2.38. The molecule has 0 atom stereocenters. The van der Waals surface area contributed by atoms with Crippen LogP contribution in [0.3, 0.4) is 0 Å². The molecule has 0 aliphatic carbocycles. The summed E-state index contributed by atoms with van der Waals surface area (Å²) in [6.07, 6.45) is 1.68. The number of pyridine rings is 1. The van der Waals surface area contributed by atoms with Gasteiger partial charge in [0, 0.05) is 31.9 Å². The number of hydrogen-bond acceptors (Lipinski definition) is 4. The molecule has 0 aliphatic heterocycles. The van der Waals surface area contributed by atoms with Crippen LogP contribution in [-0.4, -0.2) is 36.9 Å². The summed E-state index contributed by atoms with van der Waals surface area (Å²) >= 11 is 0. The van der Waals surface area contributed by atoms with Gasteiger partial charge in [-0.15, -0.1) is 0 Å². The van der Waals surface area contributed by atoms with Gasteiger partial charge in [0.05, 0.1) is 6.10 Å².